The first-order chi connectivity index (χ1) is 14.0. The molecule has 1 heterocycles. The summed E-state index contributed by atoms with van der Waals surface area (Å²) in [6.07, 6.45) is 0. The monoisotopic (exact) mass is 419 g/mol. The van der Waals surface area contributed by atoms with Crippen molar-refractivity contribution < 1.29 is 9.59 Å². The van der Waals surface area contributed by atoms with Gasteiger partial charge in [0.05, 0.1) is 17.5 Å². The van der Waals surface area contributed by atoms with E-state index in [1.807, 2.05) is 48.5 Å². The second kappa shape index (κ2) is 5.71. The van der Waals surface area contributed by atoms with E-state index in [1.54, 1.807) is 24.3 Å². The van der Waals surface area contributed by atoms with Crippen LogP contribution in [0.25, 0.3) is 0 Å². The number of nitrogens with zero attached hydrogens (tertiary/aromatic N) is 1. The van der Waals surface area contributed by atoms with Gasteiger partial charge in [-0.15, -0.1) is 11.6 Å². The molecular formula is C24H15Cl2NO2. The summed E-state index contributed by atoms with van der Waals surface area (Å²) < 4.78 is 0. The number of carbonyl (C=O) groups is 2. The van der Waals surface area contributed by atoms with E-state index in [4.69, 9.17) is 23.2 Å². The molecule has 142 valence electrons. The van der Waals surface area contributed by atoms with Crippen LogP contribution >= 0.6 is 23.2 Å². The quantitative estimate of drug-likeness (QED) is 0.407. The van der Waals surface area contributed by atoms with Crippen LogP contribution in [0.1, 0.15) is 28.2 Å². The van der Waals surface area contributed by atoms with Crippen molar-refractivity contribution >= 4 is 40.7 Å². The minimum absolute atomic E-state index is 0.186. The summed E-state index contributed by atoms with van der Waals surface area (Å²) in [5, 5.41) is 0.480. The molecule has 1 saturated heterocycles. The van der Waals surface area contributed by atoms with E-state index in [0.717, 1.165) is 22.3 Å². The van der Waals surface area contributed by atoms with E-state index in [-0.39, 0.29) is 17.7 Å². The van der Waals surface area contributed by atoms with Crippen LogP contribution in [0.5, 0.6) is 0 Å². The molecule has 0 radical (unpaired) electrons. The molecule has 0 N–H and O–H groups in total. The second-order valence-electron chi connectivity index (χ2n) is 7.86. The highest BCUT2D eigenvalue weighted by Gasteiger charge is 2.67. The average molecular weight is 420 g/mol. The highest BCUT2D eigenvalue weighted by atomic mass is 35.5. The van der Waals surface area contributed by atoms with Gasteiger partial charge in [-0.3, -0.25) is 9.59 Å². The number of anilines is 1. The first kappa shape index (κ1) is 17.3. The number of hydrogen-bond donors (Lipinski definition) is 0. The first-order valence-corrected chi connectivity index (χ1v) is 10.3. The van der Waals surface area contributed by atoms with Gasteiger partial charge in [-0.25, -0.2) is 4.90 Å². The Labute approximate surface area is 177 Å². The van der Waals surface area contributed by atoms with E-state index in [0.29, 0.717) is 10.7 Å². The van der Waals surface area contributed by atoms with Crippen LogP contribution in [0.4, 0.5) is 5.69 Å². The Morgan fingerprint density at radius 2 is 1.41 bits per heavy atom. The third-order valence-electron chi connectivity index (χ3n) is 6.58. The predicted octanol–water partition coefficient (Wildman–Crippen LogP) is 5.09. The van der Waals surface area contributed by atoms with E-state index in [2.05, 4.69) is 0 Å². The third-order valence-corrected chi connectivity index (χ3v) is 7.46. The highest BCUT2D eigenvalue weighted by Crippen LogP contribution is 2.65. The summed E-state index contributed by atoms with van der Waals surface area (Å²) in [6.45, 7) is 0. The van der Waals surface area contributed by atoms with Gasteiger partial charge >= 0.3 is 0 Å². The van der Waals surface area contributed by atoms with Crippen LogP contribution in [-0.4, -0.2) is 11.8 Å². The van der Waals surface area contributed by atoms with Crippen molar-refractivity contribution in [3.63, 3.8) is 0 Å². The lowest BCUT2D eigenvalue weighted by molar-refractivity contribution is -0.122. The van der Waals surface area contributed by atoms with E-state index in [9.17, 15) is 9.59 Å². The first-order valence-electron chi connectivity index (χ1n) is 9.54. The molecule has 3 aromatic carbocycles. The van der Waals surface area contributed by atoms with Gasteiger partial charge in [0.25, 0.3) is 0 Å². The Morgan fingerprint density at radius 1 is 0.793 bits per heavy atom. The number of hydrogen-bond acceptors (Lipinski definition) is 2. The molecule has 3 aromatic rings. The normalized spacial score (nSPS) is 28.9. The van der Waals surface area contributed by atoms with Crippen LogP contribution in [0.2, 0.25) is 5.02 Å². The molecule has 1 fully saturated rings. The maximum atomic E-state index is 13.7. The van der Waals surface area contributed by atoms with Gasteiger partial charge in [0, 0.05) is 10.9 Å². The van der Waals surface area contributed by atoms with Crippen molar-refractivity contribution in [1.82, 2.24) is 0 Å². The molecule has 2 unspecified atom stereocenters. The van der Waals surface area contributed by atoms with Crippen molar-refractivity contribution in [2.45, 2.75) is 10.8 Å². The third kappa shape index (κ3) is 2.00. The largest absolute Gasteiger partial charge is 0.274 e. The number of rotatable bonds is 1. The molecule has 0 aromatic heterocycles. The minimum Gasteiger partial charge on any atom is -0.274 e. The second-order valence-corrected chi connectivity index (χ2v) is 8.89. The standard InChI is InChI=1S/C24H15Cl2NO2/c25-13-6-5-7-14(12-13)27-22(28)20-19-15-8-1-3-10-17(15)24(26,21(20)23(27)29)18-11-4-2-9-16(18)19/h1-12,19-21H. The molecule has 29 heavy (non-hydrogen) atoms. The molecule has 4 aliphatic rings. The maximum Gasteiger partial charge on any atom is 0.240 e. The molecule has 3 aliphatic carbocycles. The van der Waals surface area contributed by atoms with Crippen LogP contribution in [-0.2, 0) is 14.5 Å². The zero-order valence-corrected chi connectivity index (χ0v) is 16.7. The molecule has 3 nitrogen and oxygen atoms in total. The Hall–Kier alpha value is -2.62. The lowest BCUT2D eigenvalue weighted by Crippen LogP contribution is -2.50. The summed E-state index contributed by atoms with van der Waals surface area (Å²) in [5.74, 6) is -1.82. The molecule has 0 spiro atoms. The average Bonchev–Trinajstić information content (AvgIpc) is 3.00. The smallest absolute Gasteiger partial charge is 0.240 e. The topological polar surface area (TPSA) is 37.4 Å². The summed E-state index contributed by atoms with van der Waals surface area (Å²) in [6, 6.07) is 22.7. The molecule has 1 aliphatic heterocycles. The molecule has 2 atom stereocenters. The van der Waals surface area contributed by atoms with Crippen molar-refractivity contribution in [2.75, 3.05) is 4.90 Å². The molecule has 5 heteroatoms. The highest BCUT2D eigenvalue weighted by molar-refractivity contribution is 6.34. The summed E-state index contributed by atoms with van der Waals surface area (Å²) >= 11 is 13.5. The predicted molar refractivity (Wildman–Crippen MR) is 112 cm³/mol. The number of amides is 2. The summed E-state index contributed by atoms with van der Waals surface area (Å²) in [4.78, 5) is 27.5. The fourth-order valence-electron chi connectivity index (χ4n) is 5.55. The summed E-state index contributed by atoms with van der Waals surface area (Å²) in [7, 11) is 0. The Balaban J connectivity index is 1.63. The number of halogens is 2. The van der Waals surface area contributed by atoms with Crippen LogP contribution in [0.3, 0.4) is 0 Å². The van der Waals surface area contributed by atoms with Crippen molar-refractivity contribution in [3.05, 3.63) is 100 Å². The van der Waals surface area contributed by atoms with Gasteiger partial charge in [0.2, 0.25) is 11.8 Å². The van der Waals surface area contributed by atoms with Crippen LogP contribution < -0.4 is 4.90 Å². The molecule has 7 rings (SSSR count). The molecular weight excluding hydrogens is 405 g/mol. The number of alkyl halides is 1. The van der Waals surface area contributed by atoms with Crippen LogP contribution in [0, 0.1) is 11.8 Å². The Morgan fingerprint density at radius 3 is 2.03 bits per heavy atom. The van der Waals surface area contributed by atoms with E-state index < -0.39 is 16.7 Å². The lowest BCUT2D eigenvalue weighted by atomic mass is 9.54. The fraction of sp³-hybridized carbons (Fsp3) is 0.167. The van der Waals surface area contributed by atoms with Crippen molar-refractivity contribution in [2.24, 2.45) is 11.8 Å². The number of benzene rings is 3. The number of carbonyl (C=O) groups excluding carboxylic acids is 2. The molecule has 2 amide bonds. The summed E-state index contributed by atoms with van der Waals surface area (Å²) in [5.41, 5.74) is 4.43. The van der Waals surface area contributed by atoms with Crippen molar-refractivity contribution in [1.29, 1.82) is 0 Å². The Kier molecular flexibility index (Phi) is 3.40. The van der Waals surface area contributed by atoms with Gasteiger partial charge in [-0.2, -0.15) is 0 Å². The van der Waals surface area contributed by atoms with Crippen LogP contribution in [0.15, 0.2) is 72.8 Å². The SMILES string of the molecule is O=C1C2C3c4ccccc4C(Cl)(c4ccccc43)C2C(=O)N1c1cccc(Cl)c1. The van der Waals surface area contributed by atoms with Gasteiger partial charge < -0.3 is 0 Å². The maximum absolute atomic E-state index is 13.7. The zero-order valence-electron chi connectivity index (χ0n) is 15.2. The van der Waals surface area contributed by atoms with E-state index >= 15 is 0 Å². The number of imide groups is 1. The Bertz CT molecular complexity index is 1170. The van der Waals surface area contributed by atoms with Crippen molar-refractivity contribution in [3.8, 4) is 0 Å². The molecule has 2 bridgehead atoms. The van der Waals surface area contributed by atoms with E-state index in [1.165, 1.54) is 4.90 Å². The lowest BCUT2D eigenvalue weighted by Gasteiger charge is -2.50. The minimum atomic E-state index is -1.06. The zero-order chi connectivity index (χ0) is 19.9. The molecule has 0 saturated carbocycles. The van der Waals surface area contributed by atoms with Gasteiger partial charge in [0.15, 0.2) is 0 Å². The van der Waals surface area contributed by atoms with Gasteiger partial charge in [-0.1, -0.05) is 66.2 Å². The fourth-order valence-corrected chi connectivity index (χ4v) is 6.31. The van der Waals surface area contributed by atoms with Gasteiger partial charge in [0.1, 0.15) is 4.87 Å². The van der Waals surface area contributed by atoms with Gasteiger partial charge in [-0.05, 0) is 40.5 Å².